The van der Waals surface area contributed by atoms with Crippen LogP contribution in [0.15, 0.2) is 30.3 Å². The minimum atomic E-state index is -3.76. The molecule has 0 N–H and O–H groups in total. The molecule has 130 valence electrons. The number of urea groups is 1. The van der Waals surface area contributed by atoms with Gasteiger partial charge in [-0.1, -0.05) is 6.08 Å². The van der Waals surface area contributed by atoms with Crippen molar-refractivity contribution in [3.8, 4) is 0 Å². The zero-order valence-corrected chi connectivity index (χ0v) is 14.6. The summed E-state index contributed by atoms with van der Waals surface area (Å²) in [5, 5.41) is 3.74. The molecule has 0 saturated carbocycles. The first-order valence-electron chi connectivity index (χ1n) is 7.20. The highest BCUT2D eigenvalue weighted by molar-refractivity contribution is 7.86. The Morgan fingerprint density at radius 2 is 2.33 bits per heavy atom. The smallest absolute Gasteiger partial charge is 0.312 e. The minimum absolute atomic E-state index is 0.192. The molecule has 24 heavy (non-hydrogen) atoms. The van der Waals surface area contributed by atoms with Gasteiger partial charge >= 0.3 is 6.03 Å². The fourth-order valence-corrected chi connectivity index (χ4v) is 4.39. The third-order valence-electron chi connectivity index (χ3n) is 3.85. The van der Waals surface area contributed by atoms with E-state index < -0.39 is 16.2 Å². The van der Waals surface area contributed by atoms with E-state index in [1.165, 1.54) is 21.3 Å². The van der Waals surface area contributed by atoms with E-state index in [1.54, 1.807) is 17.7 Å². The number of nitrogens with zero attached hydrogens (tertiary/aromatic N) is 3. The highest BCUT2D eigenvalue weighted by atomic mass is 32.2. The minimum Gasteiger partial charge on any atom is -0.312 e. The van der Waals surface area contributed by atoms with Crippen LogP contribution in [0.2, 0.25) is 0 Å². The highest BCUT2D eigenvalue weighted by Crippen LogP contribution is 2.36. The number of hydroxylamine groups is 2. The maximum absolute atomic E-state index is 12.6. The Hall–Kier alpha value is -1.75. The quantitative estimate of drug-likeness (QED) is 0.527. The predicted octanol–water partition coefficient (Wildman–Crippen LogP) is 1.11. The lowest BCUT2D eigenvalue weighted by molar-refractivity contribution is -0.107. The van der Waals surface area contributed by atoms with Crippen LogP contribution >= 0.6 is 11.3 Å². The second kappa shape index (κ2) is 6.63. The molecule has 2 aliphatic heterocycles. The third kappa shape index (κ3) is 3.09. The van der Waals surface area contributed by atoms with Gasteiger partial charge in [-0.2, -0.15) is 13.5 Å². The van der Waals surface area contributed by atoms with Gasteiger partial charge in [0.25, 0.3) is 10.1 Å². The first kappa shape index (κ1) is 17.1. The topological polar surface area (TPSA) is 89.0 Å². The second-order valence-electron chi connectivity index (χ2n) is 5.28. The van der Waals surface area contributed by atoms with Gasteiger partial charge < -0.3 is 4.90 Å². The first-order chi connectivity index (χ1) is 11.5. The van der Waals surface area contributed by atoms with Crippen LogP contribution < -0.4 is 0 Å². The van der Waals surface area contributed by atoms with Crippen LogP contribution in [0.5, 0.6) is 0 Å². The molecule has 0 unspecified atom stereocenters. The molecule has 0 aromatic carbocycles. The Labute approximate surface area is 144 Å². The summed E-state index contributed by atoms with van der Waals surface area (Å²) in [5.41, 5.74) is 0.694. The molecule has 3 heterocycles. The van der Waals surface area contributed by atoms with Crippen molar-refractivity contribution >= 4 is 33.1 Å². The van der Waals surface area contributed by atoms with Crippen molar-refractivity contribution in [3.63, 3.8) is 0 Å². The third-order valence-corrected chi connectivity index (χ3v) is 5.91. The van der Waals surface area contributed by atoms with Gasteiger partial charge in [0.1, 0.15) is 10.8 Å². The Kier molecular flexibility index (Phi) is 4.72. The van der Waals surface area contributed by atoms with Crippen molar-refractivity contribution in [1.82, 2.24) is 14.9 Å². The molecular formula is C14H17N3O5S2. The number of fused-ring (bicyclic) bond motifs is 2. The molecule has 0 spiro atoms. The van der Waals surface area contributed by atoms with E-state index in [9.17, 15) is 13.2 Å². The van der Waals surface area contributed by atoms with Crippen LogP contribution in [-0.2, 0) is 19.1 Å². The first-order valence-corrected chi connectivity index (χ1v) is 9.66. The zero-order valence-electron chi connectivity index (χ0n) is 13.0. The summed E-state index contributed by atoms with van der Waals surface area (Å²) >= 11 is 1.39. The van der Waals surface area contributed by atoms with Gasteiger partial charge in [0, 0.05) is 23.7 Å². The van der Waals surface area contributed by atoms with Crippen molar-refractivity contribution in [2.24, 2.45) is 0 Å². The van der Waals surface area contributed by atoms with E-state index in [-0.39, 0.29) is 24.4 Å². The number of thiazole rings is 1. The highest BCUT2D eigenvalue weighted by Gasteiger charge is 2.47. The largest absolute Gasteiger partial charge is 0.345 e. The average molecular weight is 371 g/mol. The Morgan fingerprint density at radius 3 is 2.96 bits per heavy atom. The molecule has 2 atom stereocenters. The van der Waals surface area contributed by atoms with E-state index in [0.717, 1.165) is 7.11 Å². The monoisotopic (exact) mass is 371 g/mol. The van der Waals surface area contributed by atoms with Crippen LogP contribution in [0.1, 0.15) is 5.01 Å². The van der Waals surface area contributed by atoms with Crippen LogP contribution in [0.3, 0.4) is 0 Å². The van der Waals surface area contributed by atoms with Gasteiger partial charge in [0.2, 0.25) is 0 Å². The fourth-order valence-electron chi connectivity index (χ4n) is 2.79. The molecule has 1 fully saturated rings. The number of rotatable bonds is 7. The molecule has 0 aliphatic carbocycles. The van der Waals surface area contributed by atoms with Crippen molar-refractivity contribution in [2.75, 3.05) is 26.0 Å². The SMILES string of the molecule is C=CCON1C(=O)N2C[C@H]1C=C(c1nccs1)[C@H]2CS(=O)(=O)OC. The van der Waals surface area contributed by atoms with E-state index >= 15 is 0 Å². The van der Waals surface area contributed by atoms with Crippen molar-refractivity contribution in [2.45, 2.75) is 12.1 Å². The van der Waals surface area contributed by atoms with Gasteiger partial charge in [-0.25, -0.2) is 9.78 Å². The summed E-state index contributed by atoms with van der Waals surface area (Å²) in [6.07, 6.45) is 5.03. The van der Waals surface area contributed by atoms with Crippen molar-refractivity contribution in [1.29, 1.82) is 0 Å². The maximum Gasteiger partial charge on any atom is 0.345 e. The molecule has 1 aromatic rings. The van der Waals surface area contributed by atoms with Crippen molar-refractivity contribution < 1.29 is 22.2 Å². The molecule has 2 aliphatic rings. The molecule has 8 nitrogen and oxygen atoms in total. The van der Waals surface area contributed by atoms with Gasteiger partial charge in [0.05, 0.1) is 25.8 Å². The maximum atomic E-state index is 12.6. The lowest BCUT2D eigenvalue weighted by atomic mass is 10.0. The summed E-state index contributed by atoms with van der Waals surface area (Å²) in [5.74, 6) is -0.331. The molecule has 2 amide bonds. The second-order valence-corrected chi connectivity index (χ2v) is 7.96. The molecule has 10 heteroatoms. The van der Waals surface area contributed by atoms with Gasteiger partial charge in [-0.15, -0.1) is 17.9 Å². The number of hydrogen-bond donors (Lipinski definition) is 0. The lowest BCUT2D eigenvalue weighted by Gasteiger charge is -2.30. The number of carbonyl (C=O) groups is 1. The van der Waals surface area contributed by atoms with E-state index in [4.69, 9.17) is 4.84 Å². The Balaban J connectivity index is 1.97. The molecule has 0 radical (unpaired) electrons. The summed E-state index contributed by atoms with van der Waals surface area (Å²) in [6.45, 7) is 4.11. The van der Waals surface area contributed by atoms with Crippen LogP contribution in [0.4, 0.5) is 4.79 Å². The predicted molar refractivity (Wildman–Crippen MR) is 88.6 cm³/mol. The molecule has 1 aromatic heterocycles. The van der Waals surface area contributed by atoms with Gasteiger partial charge in [0.15, 0.2) is 0 Å². The molecular weight excluding hydrogens is 354 g/mol. The molecule has 1 saturated heterocycles. The number of aromatic nitrogens is 1. The summed E-state index contributed by atoms with van der Waals surface area (Å²) in [6, 6.07) is -1.33. The zero-order chi connectivity index (χ0) is 17.3. The van der Waals surface area contributed by atoms with Crippen LogP contribution in [-0.4, -0.2) is 67.5 Å². The van der Waals surface area contributed by atoms with Crippen molar-refractivity contribution in [3.05, 3.63) is 35.3 Å². The number of hydrogen-bond acceptors (Lipinski definition) is 7. The van der Waals surface area contributed by atoms with E-state index in [2.05, 4.69) is 15.7 Å². The normalized spacial score (nSPS) is 23.5. The van der Waals surface area contributed by atoms with Gasteiger partial charge in [-0.05, 0) is 6.08 Å². The average Bonchev–Trinajstić information content (AvgIpc) is 3.17. The van der Waals surface area contributed by atoms with Gasteiger partial charge in [-0.3, -0.25) is 9.02 Å². The van der Waals surface area contributed by atoms with Crippen LogP contribution in [0.25, 0.3) is 5.57 Å². The standard InChI is InChI=1S/C14H17N3O5S2/c1-3-5-22-17-10-7-11(13-15-4-6-23-13)12(9-24(19,20)21-2)16(8-10)14(17)18/h3-4,6-7,10,12H,1,5,8-9H2,2H3/t10-,12-/m1/s1. The fraction of sp³-hybridized carbons (Fsp3) is 0.429. The molecule has 2 bridgehead atoms. The Bertz CT molecular complexity index is 759. The molecule has 3 rings (SSSR count). The Morgan fingerprint density at radius 1 is 1.54 bits per heavy atom. The van der Waals surface area contributed by atoms with Crippen LogP contribution in [0, 0.1) is 0 Å². The van der Waals surface area contributed by atoms with E-state index in [0.29, 0.717) is 17.1 Å². The number of amides is 2. The summed E-state index contributed by atoms with van der Waals surface area (Å²) in [4.78, 5) is 23.8. The number of carbonyl (C=O) groups excluding carboxylic acids is 1. The van der Waals surface area contributed by atoms with E-state index in [1.807, 2.05) is 6.08 Å². The summed E-state index contributed by atoms with van der Waals surface area (Å²) < 4.78 is 28.5. The summed E-state index contributed by atoms with van der Waals surface area (Å²) in [7, 11) is -2.65. The lowest BCUT2D eigenvalue weighted by Crippen LogP contribution is -2.44.